The standard InChI is InChI=1S/C12H19N5/c1-5-17-7-6-14-12(17)11(13)10-8(2)15-16(4)9(10)3/h6-7,11H,5,13H2,1-4H3. The van der Waals surface area contributed by atoms with Crippen LogP contribution in [0.25, 0.3) is 0 Å². The lowest BCUT2D eigenvalue weighted by Gasteiger charge is -2.13. The summed E-state index contributed by atoms with van der Waals surface area (Å²) < 4.78 is 3.93. The molecule has 0 amide bonds. The summed E-state index contributed by atoms with van der Waals surface area (Å²) >= 11 is 0. The number of rotatable bonds is 3. The van der Waals surface area contributed by atoms with E-state index in [-0.39, 0.29) is 6.04 Å². The van der Waals surface area contributed by atoms with Crippen LogP contribution in [0.15, 0.2) is 12.4 Å². The van der Waals surface area contributed by atoms with Crippen LogP contribution in [0.1, 0.15) is 35.7 Å². The Labute approximate surface area is 101 Å². The average Bonchev–Trinajstić information content (AvgIpc) is 2.84. The van der Waals surface area contributed by atoms with E-state index in [9.17, 15) is 0 Å². The molecular weight excluding hydrogens is 214 g/mol. The van der Waals surface area contributed by atoms with Crippen LogP contribution in [-0.2, 0) is 13.6 Å². The van der Waals surface area contributed by atoms with Gasteiger partial charge in [0.15, 0.2) is 0 Å². The van der Waals surface area contributed by atoms with Crippen LogP contribution in [0, 0.1) is 13.8 Å². The van der Waals surface area contributed by atoms with Gasteiger partial charge in [-0.1, -0.05) is 0 Å². The zero-order chi connectivity index (χ0) is 12.6. The van der Waals surface area contributed by atoms with Gasteiger partial charge >= 0.3 is 0 Å². The van der Waals surface area contributed by atoms with Gasteiger partial charge in [-0.15, -0.1) is 0 Å². The van der Waals surface area contributed by atoms with Gasteiger partial charge in [0.1, 0.15) is 5.82 Å². The summed E-state index contributed by atoms with van der Waals surface area (Å²) in [5.41, 5.74) is 9.47. The smallest absolute Gasteiger partial charge is 0.130 e. The molecular formula is C12H19N5. The highest BCUT2D eigenvalue weighted by molar-refractivity contribution is 5.32. The van der Waals surface area contributed by atoms with Crippen LogP contribution in [0.3, 0.4) is 0 Å². The van der Waals surface area contributed by atoms with Crippen molar-refractivity contribution in [2.45, 2.75) is 33.4 Å². The van der Waals surface area contributed by atoms with Gasteiger partial charge in [-0.25, -0.2) is 4.98 Å². The Kier molecular flexibility index (Phi) is 3.02. The molecule has 5 nitrogen and oxygen atoms in total. The normalized spacial score (nSPS) is 13.0. The van der Waals surface area contributed by atoms with Gasteiger partial charge in [0.2, 0.25) is 0 Å². The van der Waals surface area contributed by atoms with Crippen molar-refractivity contribution in [1.82, 2.24) is 19.3 Å². The molecule has 2 heterocycles. The van der Waals surface area contributed by atoms with Crippen molar-refractivity contribution in [3.05, 3.63) is 35.2 Å². The molecule has 0 bridgehead atoms. The highest BCUT2D eigenvalue weighted by Gasteiger charge is 2.21. The summed E-state index contributed by atoms with van der Waals surface area (Å²) in [7, 11) is 1.94. The number of nitrogens with zero attached hydrogens (tertiary/aromatic N) is 4. The third-order valence-corrected chi connectivity index (χ3v) is 3.24. The van der Waals surface area contributed by atoms with E-state index in [1.54, 1.807) is 6.20 Å². The summed E-state index contributed by atoms with van der Waals surface area (Å²) in [6.07, 6.45) is 3.75. The quantitative estimate of drug-likeness (QED) is 0.869. The Morgan fingerprint density at radius 1 is 1.41 bits per heavy atom. The second-order valence-electron chi connectivity index (χ2n) is 4.26. The molecule has 0 spiro atoms. The summed E-state index contributed by atoms with van der Waals surface area (Å²) in [6.45, 7) is 6.98. The van der Waals surface area contributed by atoms with Gasteiger partial charge < -0.3 is 10.3 Å². The zero-order valence-electron chi connectivity index (χ0n) is 10.8. The SMILES string of the molecule is CCn1ccnc1C(N)c1c(C)nn(C)c1C. The number of nitrogens with two attached hydrogens (primary N) is 1. The molecule has 2 aromatic heterocycles. The predicted molar refractivity (Wildman–Crippen MR) is 66.6 cm³/mol. The number of aryl methyl sites for hydroxylation is 3. The number of hydrogen-bond donors (Lipinski definition) is 1. The lowest BCUT2D eigenvalue weighted by Crippen LogP contribution is -2.19. The van der Waals surface area contributed by atoms with E-state index in [0.29, 0.717) is 0 Å². The summed E-state index contributed by atoms with van der Waals surface area (Å²) in [5, 5.41) is 4.40. The molecule has 0 aliphatic heterocycles. The molecule has 0 aliphatic rings. The maximum atomic E-state index is 6.32. The first-order valence-corrected chi connectivity index (χ1v) is 5.83. The van der Waals surface area contributed by atoms with Crippen molar-refractivity contribution in [2.24, 2.45) is 12.8 Å². The third kappa shape index (κ3) is 1.86. The van der Waals surface area contributed by atoms with E-state index < -0.39 is 0 Å². The Morgan fingerprint density at radius 3 is 2.65 bits per heavy atom. The van der Waals surface area contributed by atoms with Gasteiger partial charge in [-0.05, 0) is 20.8 Å². The van der Waals surface area contributed by atoms with Crippen LogP contribution in [0.2, 0.25) is 0 Å². The van der Waals surface area contributed by atoms with Crippen molar-refractivity contribution in [3.8, 4) is 0 Å². The summed E-state index contributed by atoms with van der Waals surface area (Å²) in [4.78, 5) is 4.36. The largest absolute Gasteiger partial charge is 0.334 e. The van der Waals surface area contributed by atoms with Crippen LogP contribution < -0.4 is 5.73 Å². The molecule has 0 saturated carbocycles. The molecule has 5 heteroatoms. The first-order chi connectivity index (χ1) is 8.06. The monoisotopic (exact) mass is 233 g/mol. The van der Waals surface area contributed by atoms with Crippen LogP contribution >= 0.6 is 0 Å². The van der Waals surface area contributed by atoms with Crippen LogP contribution in [0.5, 0.6) is 0 Å². The second kappa shape index (κ2) is 4.33. The Balaban J connectivity index is 2.47. The minimum atomic E-state index is -0.210. The van der Waals surface area contributed by atoms with Crippen molar-refractivity contribution >= 4 is 0 Å². The van der Waals surface area contributed by atoms with Crippen molar-refractivity contribution < 1.29 is 0 Å². The molecule has 0 aromatic carbocycles. The molecule has 2 N–H and O–H groups in total. The first-order valence-electron chi connectivity index (χ1n) is 5.83. The first kappa shape index (κ1) is 11.9. The molecule has 1 unspecified atom stereocenters. The van der Waals surface area contributed by atoms with E-state index >= 15 is 0 Å². The van der Waals surface area contributed by atoms with Crippen molar-refractivity contribution in [3.63, 3.8) is 0 Å². The number of aromatic nitrogens is 4. The Morgan fingerprint density at radius 2 is 2.12 bits per heavy atom. The fourth-order valence-electron chi connectivity index (χ4n) is 2.24. The molecule has 2 rings (SSSR count). The van der Waals surface area contributed by atoms with E-state index in [0.717, 1.165) is 29.3 Å². The Hall–Kier alpha value is -1.62. The fourth-order valence-corrected chi connectivity index (χ4v) is 2.24. The lowest BCUT2D eigenvalue weighted by molar-refractivity contribution is 0.651. The molecule has 0 aliphatic carbocycles. The second-order valence-corrected chi connectivity index (χ2v) is 4.26. The third-order valence-electron chi connectivity index (χ3n) is 3.24. The van der Waals surface area contributed by atoms with Gasteiger partial charge in [0.05, 0.1) is 11.7 Å². The van der Waals surface area contributed by atoms with E-state index in [4.69, 9.17) is 5.73 Å². The van der Waals surface area contributed by atoms with Crippen molar-refractivity contribution in [1.29, 1.82) is 0 Å². The van der Waals surface area contributed by atoms with E-state index in [2.05, 4.69) is 21.6 Å². The van der Waals surface area contributed by atoms with Crippen LogP contribution in [0.4, 0.5) is 0 Å². The molecule has 0 fully saturated rings. The molecule has 0 radical (unpaired) electrons. The fraction of sp³-hybridized carbons (Fsp3) is 0.500. The lowest BCUT2D eigenvalue weighted by atomic mass is 10.1. The summed E-state index contributed by atoms with van der Waals surface area (Å²) in [5.74, 6) is 0.895. The van der Waals surface area contributed by atoms with Gasteiger partial charge in [0.25, 0.3) is 0 Å². The van der Waals surface area contributed by atoms with Gasteiger partial charge in [-0.3, -0.25) is 4.68 Å². The van der Waals surface area contributed by atoms with Gasteiger partial charge in [0, 0.05) is 37.2 Å². The minimum Gasteiger partial charge on any atom is -0.334 e. The molecule has 92 valence electrons. The maximum Gasteiger partial charge on any atom is 0.130 e. The average molecular weight is 233 g/mol. The highest BCUT2D eigenvalue weighted by Crippen LogP contribution is 2.24. The van der Waals surface area contributed by atoms with E-state index in [1.807, 2.05) is 31.8 Å². The van der Waals surface area contributed by atoms with E-state index in [1.165, 1.54) is 0 Å². The van der Waals surface area contributed by atoms with Crippen molar-refractivity contribution in [2.75, 3.05) is 0 Å². The summed E-state index contributed by atoms with van der Waals surface area (Å²) in [6, 6.07) is -0.210. The molecule has 17 heavy (non-hydrogen) atoms. The topological polar surface area (TPSA) is 61.7 Å². The predicted octanol–water partition coefficient (Wildman–Crippen LogP) is 1.30. The minimum absolute atomic E-state index is 0.210. The maximum absolute atomic E-state index is 6.32. The molecule has 0 saturated heterocycles. The Bertz CT molecular complexity index is 523. The molecule has 1 atom stereocenters. The van der Waals surface area contributed by atoms with Crippen LogP contribution in [-0.4, -0.2) is 19.3 Å². The van der Waals surface area contributed by atoms with Gasteiger partial charge in [-0.2, -0.15) is 5.10 Å². The zero-order valence-corrected chi connectivity index (χ0v) is 10.8. The highest BCUT2D eigenvalue weighted by atomic mass is 15.3. The number of imidazole rings is 1. The molecule has 2 aromatic rings. The number of hydrogen-bond acceptors (Lipinski definition) is 3.